The number of hydrogen-bond donors (Lipinski definition) is 0. The molecule has 2 aromatic rings. The van der Waals surface area contributed by atoms with Crippen LogP contribution in [0.2, 0.25) is 10.0 Å². The van der Waals surface area contributed by atoms with Crippen LogP contribution in [-0.2, 0) is 0 Å². The molecule has 0 bridgehead atoms. The van der Waals surface area contributed by atoms with E-state index in [2.05, 4.69) is 4.98 Å². The largest absolute Gasteiger partial charge is 0.377 e. The maximum Gasteiger partial charge on any atom is 0.377 e. The van der Waals surface area contributed by atoms with E-state index >= 15 is 0 Å². The fourth-order valence-electron chi connectivity index (χ4n) is 1.61. The Balaban J connectivity index is 2.56. The summed E-state index contributed by atoms with van der Waals surface area (Å²) in [5.74, 6) is -0.596. The number of thioether (sulfide) groups is 2. The van der Waals surface area contributed by atoms with E-state index in [-0.39, 0.29) is 32.5 Å². The lowest BCUT2D eigenvalue weighted by Crippen LogP contribution is -2.00. The molecular formula is C11H6Cl3F3N2S2. The maximum atomic E-state index is 13.2. The number of imidazole rings is 1. The average molecular weight is 394 g/mol. The molecule has 1 aromatic heterocycles. The molecule has 114 valence electrons. The second-order valence-corrected chi connectivity index (χ2v) is 7.11. The second kappa shape index (κ2) is 6.50. The fourth-order valence-corrected chi connectivity index (χ4v) is 3.91. The molecule has 0 aliphatic heterocycles. The summed E-state index contributed by atoms with van der Waals surface area (Å²) in [6.45, 7) is 0. The molecule has 0 radical (unpaired) electrons. The predicted molar refractivity (Wildman–Crippen MR) is 82.0 cm³/mol. The first-order valence-electron chi connectivity index (χ1n) is 5.25. The molecule has 0 aliphatic carbocycles. The first-order valence-corrected chi connectivity index (χ1v) is 8.42. The summed E-state index contributed by atoms with van der Waals surface area (Å²) in [7, 11) is 0. The summed E-state index contributed by atoms with van der Waals surface area (Å²) in [5.41, 5.74) is 0.265. The third-order valence-corrected chi connectivity index (χ3v) is 4.76. The lowest BCUT2D eigenvalue weighted by atomic mass is 10.3. The number of aromatic nitrogens is 2. The summed E-state index contributed by atoms with van der Waals surface area (Å²) in [5, 5.41) is 0.485. The number of alkyl halides is 3. The van der Waals surface area contributed by atoms with Crippen molar-refractivity contribution in [3.63, 3.8) is 0 Å². The van der Waals surface area contributed by atoms with E-state index in [1.807, 2.05) is 0 Å². The van der Waals surface area contributed by atoms with E-state index in [0.717, 1.165) is 23.9 Å². The normalized spacial score (nSPS) is 12.0. The number of nitrogens with zero attached hydrogens (tertiary/aromatic N) is 2. The molecule has 2 nitrogen and oxygen atoms in total. The van der Waals surface area contributed by atoms with Crippen LogP contribution in [0.1, 0.15) is 0 Å². The molecule has 0 unspecified atom stereocenters. The summed E-state index contributed by atoms with van der Waals surface area (Å²) >= 11 is 18.1. The summed E-state index contributed by atoms with van der Waals surface area (Å²) < 4.78 is 37.0. The molecular weight excluding hydrogens is 388 g/mol. The number of benzene rings is 1. The zero-order chi connectivity index (χ0) is 15.8. The topological polar surface area (TPSA) is 17.8 Å². The second-order valence-electron chi connectivity index (χ2n) is 3.69. The molecule has 0 amide bonds. The molecule has 0 atom stereocenters. The highest BCUT2D eigenvalue weighted by molar-refractivity contribution is 8.03. The minimum Gasteiger partial charge on any atom is -0.290 e. The first-order chi connectivity index (χ1) is 9.73. The average Bonchev–Trinajstić information content (AvgIpc) is 2.68. The molecule has 21 heavy (non-hydrogen) atoms. The third-order valence-electron chi connectivity index (χ3n) is 2.32. The van der Waals surface area contributed by atoms with Crippen molar-refractivity contribution >= 4 is 58.3 Å². The van der Waals surface area contributed by atoms with E-state index in [9.17, 15) is 13.2 Å². The van der Waals surface area contributed by atoms with Gasteiger partial charge in [0.25, 0.3) is 0 Å². The van der Waals surface area contributed by atoms with Gasteiger partial charge in [-0.25, -0.2) is 9.37 Å². The molecule has 0 spiro atoms. The SMILES string of the molecule is CSc1c(SC(F)(F)Cl)ncn1-c1c(Cl)cc(F)cc1Cl. The van der Waals surface area contributed by atoms with Crippen molar-refractivity contribution in [1.29, 1.82) is 0 Å². The molecule has 1 aromatic carbocycles. The Labute approximate surface area is 142 Å². The molecule has 0 fully saturated rings. The van der Waals surface area contributed by atoms with Crippen molar-refractivity contribution in [2.45, 2.75) is 14.8 Å². The van der Waals surface area contributed by atoms with Gasteiger partial charge < -0.3 is 0 Å². The zero-order valence-electron chi connectivity index (χ0n) is 10.2. The highest BCUT2D eigenvalue weighted by atomic mass is 35.5. The van der Waals surface area contributed by atoms with Crippen LogP contribution in [0, 0.1) is 5.82 Å². The van der Waals surface area contributed by atoms with Crippen molar-refractivity contribution < 1.29 is 13.2 Å². The van der Waals surface area contributed by atoms with Crippen LogP contribution in [0.3, 0.4) is 0 Å². The Kier molecular flexibility index (Phi) is 5.31. The fraction of sp³-hybridized carbons (Fsp3) is 0.182. The van der Waals surface area contributed by atoms with Gasteiger partial charge in [-0.3, -0.25) is 4.57 Å². The van der Waals surface area contributed by atoms with Crippen LogP contribution in [0.4, 0.5) is 13.2 Å². The van der Waals surface area contributed by atoms with Crippen LogP contribution in [0.5, 0.6) is 0 Å². The lowest BCUT2D eigenvalue weighted by Gasteiger charge is -2.12. The number of halogens is 6. The van der Waals surface area contributed by atoms with Crippen molar-refractivity contribution in [2.24, 2.45) is 0 Å². The summed E-state index contributed by atoms with van der Waals surface area (Å²) in [6.07, 6.45) is 2.96. The predicted octanol–water partition coefficient (Wildman–Crippen LogP) is 5.92. The van der Waals surface area contributed by atoms with Gasteiger partial charge in [0.15, 0.2) is 0 Å². The molecule has 2 rings (SSSR count). The van der Waals surface area contributed by atoms with Crippen molar-refractivity contribution in [3.05, 3.63) is 34.3 Å². The Hall–Kier alpha value is -0.210. The Bertz CT molecular complexity index is 650. The van der Waals surface area contributed by atoms with E-state index in [1.165, 1.54) is 10.9 Å². The van der Waals surface area contributed by atoms with Crippen LogP contribution >= 0.6 is 58.3 Å². The third kappa shape index (κ3) is 3.96. The van der Waals surface area contributed by atoms with Gasteiger partial charge in [0, 0.05) is 0 Å². The number of rotatable bonds is 4. The van der Waals surface area contributed by atoms with Crippen LogP contribution in [0.15, 0.2) is 28.5 Å². The smallest absolute Gasteiger partial charge is 0.290 e. The standard InChI is InChI=1S/C11H6Cl3F3N2S2/c1-20-10-9(21-11(14,16)17)18-4-19(10)8-6(12)2-5(15)3-7(8)13/h2-4H,1H3. The van der Waals surface area contributed by atoms with Gasteiger partial charge in [-0.1, -0.05) is 23.2 Å². The highest BCUT2D eigenvalue weighted by Gasteiger charge is 2.30. The molecule has 0 N–H and O–H groups in total. The first kappa shape index (κ1) is 17.1. The maximum absolute atomic E-state index is 13.2. The Morgan fingerprint density at radius 1 is 1.24 bits per heavy atom. The van der Waals surface area contributed by atoms with Gasteiger partial charge >= 0.3 is 4.71 Å². The summed E-state index contributed by atoms with van der Waals surface area (Å²) in [4.78, 5) is 3.88. The van der Waals surface area contributed by atoms with Gasteiger partial charge in [-0.2, -0.15) is 8.78 Å². The molecule has 10 heteroatoms. The van der Waals surface area contributed by atoms with Crippen LogP contribution < -0.4 is 0 Å². The number of hydrogen-bond acceptors (Lipinski definition) is 3. The van der Waals surface area contributed by atoms with Crippen molar-refractivity contribution in [1.82, 2.24) is 9.55 Å². The van der Waals surface area contributed by atoms with Gasteiger partial charge in [-0.15, -0.1) is 11.8 Å². The van der Waals surface area contributed by atoms with Crippen LogP contribution in [-0.4, -0.2) is 20.5 Å². The van der Waals surface area contributed by atoms with E-state index in [4.69, 9.17) is 34.8 Å². The molecule has 1 heterocycles. The van der Waals surface area contributed by atoms with E-state index < -0.39 is 10.5 Å². The van der Waals surface area contributed by atoms with Crippen LogP contribution in [0.25, 0.3) is 5.69 Å². The quantitative estimate of drug-likeness (QED) is 0.474. The van der Waals surface area contributed by atoms with Crippen molar-refractivity contribution in [2.75, 3.05) is 6.26 Å². The molecule has 0 saturated carbocycles. The minimum atomic E-state index is -3.49. The monoisotopic (exact) mass is 392 g/mol. The Morgan fingerprint density at radius 2 is 1.81 bits per heavy atom. The lowest BCUT2D eigenvalue weighted by molar-refractivity contribution is 0.203. The van der Waals surface area contributed by atoms with E-state index in [1.54, 1.807) is 6.26 Å². The van der Waals surface area contributed by atoms with Gasteiger partial charge in [-0.05, 0) is 41.8 Å². The van der Waals surface area contributed by atoms with E-state index in [0.29, 0.717) is 5.03 Å². The summed E-state index contributed by atoms with van der Waals surface area (Å²) in [6, 6.07) is 2.16. The highest BCUT2D eigenvalue weighted by Crippen LogP contribution is 2.43. The Morgan fingerprint density at radius 3 is 2.29 bits per heavy atom. The van der Waals surface area contributed by atoms with Crippen molar-refractivity contribution in [3.8, 4) is 5.69 Å². The van der Waals surface area contributed by atoms with Gasteiger partial charge in [0.1, 0.15) is 22.2 Å². The molecule has 0 saturated heterocycles. The zero-order valence-corrected chi connectivity index (χ0v) is 14.1. The minimum absolute atomic E-state index is 0.0268. The molecule has 0 aliphatic rings. The van der Waals surface area contributed by atoms with Gasteiger partial charge in [0.05, 0.1) is 15.7 Å². The van der Waals surface area contributed by atoms with Gasteiger partial charge in [0.2, 0.25) is 0 Å².